The van der Waals surface area contributed by atoms with Crippen LogP contribution in [0.5, 0.6) is 0 Å². The summed E-state index contributed by atoms with van der Waals surface area (Å²) in [5, 5.41) is 3.54. The minimum absolute atomic E-state index is 0.0204. The van der Waals surface area contributed by atoms with Crippen molar-refractivity contribution < 1.29 is 4.74 Å². The van der Waals surface area contributed by atoms with E-state index in [4.69, 9.17) is 4.74 Å². The van der Waals surface area contributed by atoms with Gasteiger partial charge in [0.25, 0.3) is 0 Å². The molecule has 0 aromatic carbocycles. The van der Waals surface area contributed by atoms with Gasteiger partial charge in [-0.15, -0.1) is 0 Å². The number of nitrogens with one attached hydrogen (secondary N) is 1. The number of rotatable bonds is 5. The van der Waals surface area contributed by atoms with E-state index < -0.39 is 0 Å². The molecule has 15 heavy (non-hydrogen) atoms. The van der Waals surface area contributed by atoms with Crippen LogP contribution in [-0.4, -0.2) is 49.8 Å². The monoisotopic (exact) mass is 214 g/mol. The molecular formula is C12H26N2O. The van der Waals surface area contributed by atoms with Crippen LogP contribution in [0.1, 0.15) is 33.6 Å². The lowest BCUT2D eigenvalue weighted by Crippen LogP contribution is -2.51. The van der Waals surface area contributed by atoms with Crippen molar-refractivity contribution >= 4 is 0 Å². The summed E-state index contributed by atoms with van der Waals surface area (Å²) in [4.78, 5) is 2.55. The van der Waals surface area contributed by atoms with Crippen LogP contribution in [0.3, 0.4) is 0 Å². The van der Waals surface area contributed by atoms with E-state index in [0.717, 1.165) is 19.5 Å². The molecule has 1 aliphatic heterocycles. The molecule has 1 unspecified atom stereocenters. The van der Waals surface area contributed by atoms with E-state index in [1.54, 1.807) is 7.11 Å². The molecule has 1 saturated heterocycles. The molecule has 1 rings (SSSR count). The van der Waals surface area contributed by atoms with Crippen molar-refractivity contribution in [2.75, 3.05) is 33.3 Å². The molecule has 0 amide bonds. The first-order chi connectivity index (χ1) is 7.07. The van der Waals surface area contributed by atoms with Crippen LogP contribution in [-0.2, 0) is 4.74 Å². The largest absolute Gasteiger partial charge is 0.379 e. The molecule has 0 bridgehead atoms. The third-order valence-corrected chi connectivity index (χ3v) is 3.42. The van der Waals surface area contributed by atoms with Crippen LogP contribution in [0.2, 0.25) is 0 Å². The first-order valence-corrected chi connectivity index (χ1v) is 6.08. The molecule has 0 saturated carbocycles. The predicted molar refractivity (Wildman–Crippen MR) is 64.2 cm³/mol. The van der Waals surface area contributed by atoms with Gasteiger partial charge < -0.3 is 15.0 Å². The summed E-state index contributed by atoms with van der Waals surface area (Å²) in [7, 11) is 1.80. The van der Waals surface area contributed by atoms with Crippen molar-refractivity contribution in [1.29, 1.82) is 0 Å². The van der Waals surface area contributed by atoms with Crippen molar-refractivity contribution in [2.24, 2.45) is 0 Å². The van der Waals surface area contributed by atoms with E-state index in [0.29, 0.717) is 6.04 Å². The lowest BCUT2D eigenvalue weighted by Gasteiger charge is -2.35. The molecule has 1 N–H and O–H groups in total. The van der Waals surface area contributed by atoms with Gasteiger partial charge in [0.2, 0.25) is 0 Å². The SMILES string of the molecule is CCC1CN(CCC(C)(C)OC)CCN1. The molecule has 0 aliphatic carbocycles. The second-order valence-corrected chi connectivity index (χ2v) is 5.07. The Hall–Kier alpha value is -0.120. The Bertz CT molecular complexity index is 182. The van der Waals surface area contributed by atoms with Gasteiger partial charge in [-0.2, -0.15) is 0 Å². The molecule has 0 spiro atoms. The predicted octanol–water partition coefficient (Wildman–Crippen LogP) is 1.49. The highest BCUT2D eigenvalue weighted by atomic mass is 16.5. The highest BCUT2D eigenvalue weighted by Crippen LogP contribution is 2.14. The number of ether oxygens (including phenoxy) is 1. The fraction of sp³-hybridized carbons (Fsp3) is 1.00. The molecule has 0 aromatic heterocycles. The van der Waals surface area contributed by atoms with Gasteiger partial charge in [0.1, 0.15) is 0 Å². The average molecular weight is 214 g/mol. The highest BCUT2D eigenvalue weighted by molar-refractivity contribution is 4.79. The molecular weight excluding hydrogens is 188 g/mol. The first-order valence-electron chi connectivity index (χ1n) is 6.08. The summed E-state index contributed by atoms with van der Waals surface area (Å²) in [6.07, 6.45) is 2.34. The van der Waals surface area contributed by atoms with Crippen molar-refractivity contribution in [1.82, 2.24) is 10.2 Å². The summed E-state index contributed by atoms with van der Waals surface area (Å²) in [5.41, 5.74) is 0.0204. The van der Waals surface area contributed by atoms with E-state index in [2.05, 4.69) is 31.0 Å². The van der Waals surface area contributed by atoms with E-state index in [1.165, 1.54) is 19.5 Å². The quantitative estimate of drug-likeness (QED) is 0.750. The summed E-state index contributed by atoms with van der Waals surface area (Å²) < 4.78 is 5.44. The number of nitrogens with zero attached hydrogens (tertiary/aromatic N) is 1. The zero-order valence-electron chi connectivity index (χ0n) is 10.7. The molecule has 1 atom stereocenters. The number of methoxy groups -OCH3 is 1. The maximum Gasteiger partial charge on any atom is 0.0634 e. The highest BCUT2D eigenvalue weighted by Gasteiger charge is 2.21. The van der Waals surface area contributed by atoms with E-state index >= 15 is 0 Å². The molecule has 3 nitrogen and oxygen atoms in total. The van der Waals surface area contributed by atoms with Crippen LogP contribution in [0.15, 0.2) is 0 Å². The number of hydrogen-bond donors (Lipinski definition) is 1. The molecule has 1 aliphatic rings. The first kappa shape index (κ1) is 12.9. The van der Waals surface area contributed by atoms with Crippen LogP contribution >= 0.6 is 0 Å². The minimum atomic E-state index is 0.0204. The summed E-state index contributed by atoms with van der Waals surface area (Å²) >= 11 is 0. The Morgan fingerprint density at radius 1 is 1.47 bits per heavy atom. The van der Waals surface area contributed by atoms with Gasteiger partial charge >= 0.3 is 0 Å². The standard InChI is InChI=1S/C12H26N2O/c1-5-11-10-14(9-7-13-11)8-6-12(2,3)15-4/h11,13H,5-10H2,1-4H3. The lowest BCUT2D eigenvalue weighted by molar-refractivity contribution is 0.00532. The smallest absolute Gasteiger partial charge is 0.0634 e. The average Bonchev–Trinajstić information content (AvgIpc) is 2.27. The molecule has 0 radical (unpaired) electrons. The van der Waals surface area contributed by atoms with Gasteiger partial charge in [-0.1, -0.05) is 6.92 Å². The molecule has 1 heterocycles. The third kappa shape index (κ3) is 4.49. The third-order valence-electron chi connectivity index (χ3n) is 3.42. The lowest BCUT2D eigenvalue weighted by atomic mass is 10.0. The fourth-order valence-electron chi connectivity index (χ4n) is 1.90. The van der Waals surface area contributed by atoms with Gasteiger partial charge in [0.05, 0.1) is 5.60 Å². The maximum atomic E-state index is 5.44. The van der Waals surface area contributed by atoms with Crippen molar-refractivity contribution in [2.45, 2.75) is 45.3 Å². The second-order valence-electron chi connectivity index (χ2n) is 5.07. The number of hydrogen-bond acceptors (Lipinski definition) is 3. The Morgan fingerprint density at radius 3 is 2.80 bits per heavy atom. The van der Waals surface area contributed by atoms with Crippen molar-refractivity contribution in [3.8, 4) is 0 Å². The summed E-state index contributed by atoms with van der Waals surface area (Å²) in [5.74, 6) is 0. The van der Waals surface area contributed by atoms with E-state index in [1.807, 2.05) is 0 Å². The maximum absolute atomic E-state index is 5.44. The van der Waals surface area contributed by atoms with Crippen molar-refractivity contribution in [3.05, 3.63) is 0 Å². The van der Waals surface area contributed by atoms with E-state index in [-0.39, 0.29) is 5.60 Å². The van der Waals surface area contributed by atoms with Crippen LogP contribution in [0, 0.1) is 0 Å². The second kappa shape index (κ2) is 5.83. The normalized spacial score (nSPS) is 24.4. The topological polar surface area (TPSA) is 24.5 Å². The zero-order chi connectivity index (χ0) is 11.3. The minimum Gasteiger partial charge on any atom is -0.379 e. The van der Waals surface area contributed by atoms with Gasteiger partial charge in [0, 0.05) is 39.3 Å². The van der Waals surface area contributed by atoms with E-state index in [9.17, 15) is 0 Å². The van der Waals surface area contributed by atoms with Gasteiger partial charge in [-0.05, 0) is 26.7 Å². The Morgan fingerprint density at radius 2 is 2.20 bits per heavy atom. The Kier molecular flexibility index (Phi) is 5.03. The van der Waals surface area contributed by atoms with Crippen LogP contribution in [0.25, 0.3) is 0 Å². The Balaban J connectivity index is 2.26. The van der Waals surface area contributed by atoms with Crippen LogP contribution < -0.4 is 5.32 Å². The Labute approximate surface area is 94.2 Å². The molecule has 3 heteroatoms. The summed E-state index contributed by atoms with van der Waals surface area (Å²) in [6, 6.07) is 0.685. The molecule has 90 valence electrons. The van der Waals surface area contributed by atoms with Gasteiger partial charge in [-0.25, -0.2) is 0 Å². The zero-order valence-corrected chi connectivity index (χ0v) is 10.7. The molecule has 1 fully saturated rings. The summed E-state index contributed by atoms with van der Waals surface area (Å²) in [6.45, 7) is 11.2. The number of piperazine rings is 1. The van der Waals surface area contributed by atoms with Crippen LogP contribution in [0.4, 0.5) is 0 Å². The fourth-order valence-corrected chi connectivity index (χ4v) is 1.90. The van der Waals surface area contributed by atoms with Gasteiger partial charge in [0.15, 0.2) is 0 Å². The van der Waals surface area contributed by atoms with Crippen molar-refractivity contribution in [3.63, 3.8) is 0 Å². The molecule has 0 aromatic rings. The van der Waals surface area contributed by atoms with Gasteiger partial charge in [-0.3, -0.25) is 0 Å².